The number of anilines is 1. The molecule has 0 saturated heterocycles. The normalized spacial score (nSPS) is 19.9. The third-order valence-corrected chi connectivity index (χ3v) is 7.87. The Morgan fingerprint density at radius 2 is 1.88 bits per heavy atom. The van der Waals surface area contributed by atoms with Gasteiger partial charge in [-0.1, -0.05) is 63.8 Å². The molecular weight excluding hydrogens is 412 g/mol. The Balaban J connectivity index is 0.000000243. The molecule has 2 unspecified atom stereocenters. The fourth-order valence-corrected chi connectivity index (χ4v) is 5.63. The van der Waals surface area contributed by atoms with Gasteiger partial charge in [-0.15, -0.1) is 11.8 Å². The third-order valence-electron chi connectivity index (χ3n) is 6.30. The Kier molecular flexibility index (Phi) is 8.64. The second-order valence-corrected chi connectivity index (χ2v) is 11.3. The Bertz CT molecular complexity index is 883. The lowest BCUT2D eigenvalue weighted by Gasteiger charge is -2.32. The van der Waals surface area contributed by atoms with Gasteiger partial charge in [-0.25, -0.2) is 9.97 Å². The lowest BCUT2D eigenvalue weighted by atomic mass is 9.85. The first-order chi connectivity index (χ1) is 15.2. The van der Waals surface area contributed by atoms with E-state index in [0.717, 1.165) is 23.1 Å². The first kappa shape index (κ1) is 24.6. The van der Waals surface area contributed by atoms with Gasteiger partial charge in [0.2, 0.25) is 5.95 Å². The summed E-state index contributed by atoms with van der Waals surface area (Å²) < 4.78 is 0. The highest BCUT2D eigenvalue weighted by Gasteiger charge is 2.29. The first-order valence-corrected chi connectivity index (χ1v) is 12.9. The van der Waals surface area contributed by atoms with E-state index in [-0.39, 0.29) is 0 Å². The van der Waals surface area contributed by atoms with Gasteiger partial charge in [0.1, 0.15) is 0 Å². The molecule has 0 amide bonds. The molecule has 0 bridgehead atoms. The molecule has 174 valence electrons. The number of nitrogens with zero attached hydrogens (tertiary/aromatic N) is 3. The second-order valence-electron chi connectivity index (χ2n) is 10.3. The smallest absolute Gasteiger partial charge is 0.223 e. The Hall–Kier alpha value is -2.01. The lowest BCUT2D eigenvalue weighted by molar-refractivity contribution is 0.258. The summed E-state index contributed by atoms with van der Waals surface area (Å²) in [5, 5.41) is 6.29. The number of nitrogens with one attached hydrogen (secondary N) is 1. The van der Waals surface area contributed by atoms with Crippen LogP contribution < -0.4 is 5.32 Å². The van der Waals surface area contributed by atoms with Crippen LogP contribution in [0.15, 0.2) is 48.1 Å². The highest BCUT2D eigenvalue weighted by molar-refractivity contribution is 8.02. The van der Waals surface area contributed by atoms with Crippen molar-refractivity contribution in [3.8, 4) is 11.3 Å². The van der Waals surface area contributed by atoms with Gasteiger partial charge >= 0.3 is 0 Å². The average molecular weight is 453 g/mol. The largest absolute Gasteiger partial charge is 0.367 e. The second kappa shape index (κ2) is 11.2. The number of benzene rings is 1. The maximum Gasteiger partial charge on any atom is 0.223 e. The van der Waals surface area contributed by atoms with Crippen molar-refractivity contribution in [2.75, 3.05) is 12.4 Å². The minimum atomic E-state index is 0.378. The molecule has 2 heterocycles. The van der Waals surface area contributed by atoms with Crippen molar-refractivity contribution < 1.29 is 0 Å². The van der Waals surface area contributed by atoms with E-state index >= 15 is 0 Å². The van der Waals surface area contributed by atoms with Gasteiger partial charge in [0.25, 0.3) is 0 Å². The zero-order chi connectivity index (χ0) is 23.1. The van der Waals surface area contributed by atoms with Crippen LogP contribution in [0.4, 0.5) is 5.95 Å². The van der Waals surface area contributed by atoms with Crippen molar-refractivity contribution in [3.63, 3.8) is 0 Å². The van der Waals surface area contributed by atoms with Gasteiger partial charge in [-0.3, -0.25) is 0 Å². The number of thioether (sulfide) groups is 1. The van der Waals surface area contributed by atoms with E-state index in [0.29, 0.717) is 16.8 Å². The maximum atomic E-state index is 4.70. The van der Waals surface area contributed by atoms with Gasteiger partial charge < -0.3 is 10.2 Å². The van der Waals surface area contributed by atoms with Crippen LogP contribution in [0.5, 0.6) is 0 Å². The molecule has 1 aromatic heterocycles. The molecule has 2 aromatic rings. The first-order valence-electron chi connectivity index (χ1n) is 11.9. The fraction of sp³-hybridized carbons (Fsp3) is 0.556. The van der Waals surface area contributed by atoms with E-state index < -0.39 is 0 Å². The van der Waals surface area contributed by atoms with E-state index in [9.17, 15) is 0 Å². The Morgan fingerprint density at radius 3 is 2.47 bits per heavy atom. The van der Waals surface area contributed by atoms with Gasteiger partial charge in [0, 0.05) is 31.0 Å². The molecule has 1 aliphatic heterocycles. The Labute approximate surface area is 199 Å². The van der Waals surface area contributed by atoms with Crippen molar-refractivity contribution in [1.82, 2.24) is 14.9 Å². The molecule has 2 atom stereocenters. The molecule has 4 nitrogen and oxygen atoms in total. The highest BCUT2D eigenvalue weighted by Crippen LogP contribution is 2.36. The number of aryl methyl sites for hydroxylation is 1. The summed E-state index contributed by atoms with van der Waals surface area (Å²) in [6.07, 6.45) is 10.8. The molecule has 2 aliphatic rings. The van der Waals surface area contributed by atoms with Crippen LogP contribution in [0.3, 0.4) is 0 Å². The minimum Gasteiger partial charge on any atom is -0.367 e. The van der Waals surface area contributed by atoms with E-state index in [1.165, 1.54) is 37.7 Å². The summed E-state index contributed by atoms with van der Waals surface area (Å²) in [6, 6.07) is 10.9. The van der Waals surface area contributed by atoms with Crippen molar-refractivity contribution in [2.45, 2.75) is 78.1 Å². The summed E-state index contributed by atoms with van der Waals surface area (Å²) in [5.41, 5.74) is 3.76. The highest BCUT2D eigenvalue weighted by atomic mass is 32.2. The van der Waals surface area contributed by atoms with Crippen LogP contribution in [0.2, 0.25) is 0 Å². The molecule has 5 heteroatoms. The van der Waals surface area contributed by atoms with Crippen LogP contribution in [0.25, 0.3) is 11.3 Å². The molecule has 1 aromatic carbocycles. The van der Waals surface area contributed by atoms with E-state index in [1.54, 1.807) is 0 Å². The van der Waals surface area contributed by atoms with Crippen LogP contribution in [-0.2, 0) is 0 Å². The third kappa shape index (κ3) is 6.99. The lowest BCUT2D eigenvalue weighted by Crippen LogP contribution is -2.33. The van der Waals surface area contributed by atoms with E-state index in [1.807, 2.05) is 24.0 Å². The van der Waals surface area contributed by atoms with Crippen LogP contribution in [0, 0.1) is 18.3 Å². The van der Waals surface area contributed by atoms with Crippen LogP contribution >= 0.6 is 11.8 Å². The topological polar surface area (TPSA) is 41.1 Å². The molecule has 1 aliphatic carbocycles. The molecule has 1 saturated carbocycles. The van der Waals surface area contributed by atoms with E-state index in [4.69, 9.17) is 4.98 Å². The quantitative estimate of drug-likeness (QED) is 0.525. The number of hydrogen-bond donors (Lipinski definition) is 1. The monoisotopic (exact) mass is 452 g/mol. The maximum absolute atomic E-state index is 4.70. The van der Waals surface area contributed by atoms with E-state index in [2.05, 4.69) is 92.7 Å². The van der Waals surface area contributed by atoms with Gasteiger partial charge in [0.05, 0.1) is 11.1 Å². The van der Waals surface area contributed by atoms with Crippen molar-refractivity contribution >= 4 is 17.7 Å². The van der Waals surface area contributed by atoms with Crippen molar-refractivity contribution in [2.24, 2.45) is 11.3 Å². The van der Waals surface area contributed by atoms with Crippen molar-refractivity contribution in [3.05, 3.63) is 53.7 Å². The Morgan fingerprint density at radius 1 is 1.12 bits per heavy atom. The van der Waals surface area contributed by atoms with Gasteiger partial charge in [-0.05, 0) is 55.6 Å². The number of hydrogen-bond acceptors (Lipinski definition) is 5. The zero-order valence-corrected chi connectivity index (χ0v) is 21.5. The molecule has 0 radical (unpaired) electrons. The number of rotatable bonds is 4. The molecule has 32 heavy (non-hydrogen) atoms. The minimum absolute atomic E-state index is 0.378. The SMILES string of the molecule is CN1C=CSC1C(C)(C)C.Cc1cccc(-c2ccnc(NC(C)C3CCCCC3)n2)c1. The summed E-state index contributed by atoms with van der Waals surface area (Å²) in [5.74, 6) is 1.50. The predicted molar refractivity (Wildman–Crippen MR) is 140 cm³/mol. The van der Waals surface area contributed by atoms with Crippen LogP contribution in [0.1, 0.15) is 65.4 Å². The zero-order valence-electron chi connectivity index (χ0n) is 20.6. The molecular formula is C27H40N4S. The summed E-state index contributed by atoms with van der Waals surface area (Å²) in [7, 11) is 2.13. The van der Waals surface area contributed by atoms with Crippen molar-refractivity contribution in [1.29, 1.82) is 0 Å². The molecule has 0 spiro atoms. The molecule has 1 N–H and O–H groups in total. The molecule has 4 rings (SSSR count). The van der Waals surface area contributed by atoms with Crippen LogP contribution in [-0.4, -0.2) is 33.3 Å². The summed E-state index contributed by atoms with van der Waals surface area (Å²) in [6.45, 7) is 11.2. The fourth-order valence-electron chi connectivity index (χ4n) is 4.54. The van der Waals surface area contributed by atoms with Gasteiger partial charge in [0.15, 0.2) is 0 Å². The standard InChI is InChI=1S/C19H25N3.C8H15NS/c1-14-7-6-10-17(13-14)18-11-12-20-19(22-18)21-15(2)16-8-4-3-5-9-16;1-8(2,3)7-9(4)5-6-10-7/h6-7,10-13,15-16H,3-5,8-9H2,1-2H3,(H,20,21,22);5-7H,1-4H3. The van der Waals surface area contributed by atoms with Gasteiger partial charge in [-0.2, -0.15) is 0 Å². The summed E-state index contributed by atoms with van der Waals surface area (Å²) in [4.78, 5) is 11.4. The molecule has 1 fully saturated rings. The predicted octanol–water partition coefficient (Wildman–Crippen LogP) is 7.34. The number of aromatic nitrogens is 2. The average Bonchev–Trinajstić information content (AvgIpc) is 3.22. The summed E-state index contributed by atoms with van der Waals surface area (Å²) >= 11 is 1.90.